The average Bonchev–Trinajstić information content (AvgIpc) is 2.22. The third-order valence-corrected chi connectivity index (χ3v) is 2.25. The van der Waals surface area contributed by atoms with E-state index in [1.54, 1.807) is 7.11 Å². The molecular formula is C12H18FNO. The quantitative estimate of drug-likeness (QED) is 0.727. The summed E-state index contributed by atoms with van der Waals surface area (Å²) in [5, 5.41) is 3.33. The second kappa shape index (κ2) is 6.53. The minimum absolute atomic E-state index is 0.182. The molecule has 0 bridgehead atoms. The predicted molar refractivity (Wildman–Crippen MR) is 59.4 cm³/mol. The van der Waals surface area contributed by atoms with Crippen LogP contribution in [0.25, 0.3) is 0 Å². The van der Waals surface area contributed by atoms with Crippen LogP contribution in [-0.2, 0) is 11.2 Å². The third kappa shape index (κ3) is 4.91. The molecule has 1 aromatic rings. The maximum absolute atomic E-state index is 12.6. The van der Waals surface area contributed by atoms with E-state index < -0.39 is 0 Å². The molecule has 0 heterocycles. The number of methoxy groups -OCH3 is 1. The first-order valence-electron chi connectivity index (χ1n) is 5.19. The predicted octanol–water partition coefficient (Wildman–Crippen LogP) is 1.99. The summed E-state index contributed by atoms with van der Waals surface area (Å²) in [6.07, 6.45) is 0.907. The van der Waals surface area contributed by atoms with Crippen LogP contribution in [0.15, 0.2) is 24.3 Å². The van der Waals surface area contributed by atoms with Crippen molar-refractivity contribution in [2.75, 3.05) is 20.3 Å². The van der Waals surface area contributed by atoms with Crippen LogP contribution in [0, 0.1) is 5.82 Å². The molecule has 0 saturated carbocycles. The summed E-state index contributed by atoms with van der Waals surface area (Å²) in [5.41, 5.74) is 1.15. The molecule has 0 fully saturated rings. The standard InChI is InChI=1S/C12H18FNO/c1-10(14-7-8-15-2)9-11-3-5-12(13)6-4-11/h3-6,10,14H,7-9H2,1-2H3. The topological polar surface area (TPSA) is 21.3 Å². The van der Waals surface area contributed by atoms with Crippen molar-refractivity contribution in [2.24, 2.45) is 0 Å². The normalized spacial score (nSPS) is 12.7. The molecule has 1 rings (SSSR count). The fourth-order valence-corrected chi connectivity index (χ4v) is 1.45. The molecule has 0 saturated heterocycles. The molecule has 84 valence electrons. The first kappa shape index (κ1) is 12.1. The highest BCUT2D eigenvalue weighted by Gasteiger charge is 2.02. The van der Waals surface area contributed by atoms with Crippen LogP contribution >= 0.6 is 0 Å². The molecule has 1 atom stereocenters. The van der Waals surface area contributed by atoms with E-state index in [1.807, 2.05) is 12.1 Å². The molecule has 1 unspecified atom stereocenters. The lowest BCUT2D eigenvalue weighted by Gasteiger charge is -2.13. The summed E-state index contributed by atoms with van der Waals surface area (Å²) in [6, 6.07) is 7.02. The zero-order valence-electron chi connectivity index (χ0n) is 9.29. The van der Waals surface area contributed by atoms with Crippen molar-refractivity contribution >= 4 is 0 Å². The number of ether oxygens (including phenoxy) is 1. The maximum atomic E-state index is 12.6. The van der Waals surface area contributed by atoms with Gasteiger partial charge in [-0.25, -0.2) is 4.39 Å². The Morgan fingerprint density at radius 3 is 2.60 bits per heavy atom. The Labute approximate surface area is 90.4 Å². The number of hydrogen-bond donors (Lipinski definition) is 1. The van der Waals surface area contributed by atoms with Crippen molar-refractivity contribution in [3.8, 4) is 0 Å². The first-order valence-corrected chi connectivity index (χ1v) is 5.19. The van der Waals surface area contributed by atoms with E-state index in [9.17, 15) is 4.39 Å². The molecule has 15 heavy (non-hydrogen) atoms. The smallest absolute Gasteiger partial charge is 0.123 e. The lowest BCUT2D eigenvalue weighted by molar-refractivity contribution is 0.196. The van der Waals surface area contributed by atoms with Gasteiger partial charge in [-0.15, -0.1) is 0 Å². The number of benzene rings is 1. The second-order valence-corrected chi connectivity index (χ2v) is 3.68. The van der Waals surface area contributed by atoms with E-state index in [1.165, 1.54) is 12.1 Å². The number of nitrogens with one attached hydrogen (secondary N) is 1. The molecule has 1 N–H and O–H groups in total. The molecule has 0 aliphatic rings. The van der Waals surface area contributed by atoms with E-state index in [4.69, 9.17) is 4.74 Å². The van der Waals surface area contributed by atoms with Crippen LogP contribution in [0.5, 0.6) is 0 Å². The van der Waals surface area contributed by atoms with Gasteiger partial charge in [-0.05, 0) is 31.0 Å². The molecule has 0 spiro atoms. The van der Waals surface area contributed by atoms with Crippen molar-refractivity contribution in [3.63, 3.8) is 0 Å². The zero-order chi connectivity index (χ0) is 11.1. The SMILES string of the molecule is COCCNC(C)Cc1ccc(F)cc1. The summed E-state index contributed by atoms with van der Waals surface area (Å²) >= 11 is 0. The highest BCUT2D eigenvalue weighted by atomic mass is 19.1. The minimum atomic E-state index is -0.182. The minimum Gasteiger partial charge on any atom is -0.383 e. The fraction of sp³-hybridized carbons (Fsp3) is 0.500. The molecule has 0 aromatic heterocycles. The summed E-state index contributed by atoms with van der Waals surface area (Å²) in [5.74, 6) is -0.182. The molecule has 3 heteroatoms. The summed E-state index contributed by atoms with van der Waals surface area (Å²) in [6.45, 7) is 3.67. The molecule has 1 aromatic carbocycles. The highest BCUT2D eigenvalue weighted by Crippen LogP contribution is 2.05. The highest BCUT2D eigenvalue weighted by molar-refractivity contribution is 5.16. The molecule has 0 amide bonds. The van der Waals surface area contributed by atoms with Gasteiger partial charge in [0.05, 0.1) is 6.61 Å². The van der Waals surface area contributed by atoms with Crippen molar-refractivity contribution in [3.05, 3.63) is 35.6 Å². The van der Waals surface area contributed by atoms with Gasteiger partial charge in [0.15, 0.2) is 0 Å². The van der Waals surface area contributed by atoms with Gasteiger partial charge in [0.2, 0.25) is 0 Å². The van der Waals surface area contributed by atoms with Crippen molar-refractivity contribution in [2.45, 2.75) is 19.4 Å². The van der Waals surface area contributed by atoms with Crippen molar-refractivity contribution < 1.29 is 9.13 Å². The maximum Gasteiger partial charge on any atom is 0.123 e. The van der Waals surface area contributed by atoms with Gasteiger partial charge in [0.25, 0.3) is 0 Å². The summed E-state index contributed by atoms with van der Waals surface area (Å²) in [4.78, 5) is 0. The Morgan fingerprint density at radius 1 is 1.33 bits per heavy atom. The Bertz CT molecular complexity index is 273. The van der Waals surface area contributed by atoms with Gasteiger partial charge in [-0.2, -0.15) is 0 Å². The monoisotopic (exact) mass is 211 g/mol. The first-order chi connectivity index (χ1) is 7.22. The van der Waals surface area contributed by atoms with Crippen molar-refractivity contribution in [1.82, 2.24) is 5.32 Å². The van der Waals surface area contributed by atoms with E-state index in [2.05, 4.69) is 12.2 Å². The van der Waals surface area contributed by atoms with E-state index in [0.29, 0.717) is 12.6 Å². The van der Waals surface area contributed by atoms with Crippen molar-refractivity contribution in [1.29, 1.82) is 0 Å². The Balaban J connectivity index is 2.31. The van der Waals surface area contributed by atoms with Gasteiger partial charge in [-0.3, -0.25) is 0 Å². The largest absolute Gasteiger partial charge is 0.383 e. The van der Waals surface area contributed by atoms with Crippen LogP contribution in [0.1, 0.15) is 12.5 Å². The second-order valence-electron chi connectivity index (χ2n) is 3.68. The van der Waals surface area contributed by atoms with Crippen LogP contribution in [-0.4, -0.2) is 26.3 Å². The Hall–Kier alpha value is -0.930. The number of rotatable bonds is 6. The Kier molecular flexibility index (Phi) is 5.29. The summed E-state index contributed by atoms with van der Waals surface area (Å²) < 4.78 is 17.6. The number of halogens is 1. The van der Waals surface area contributed by atoms with Gasteiger partial charge in [-0.1, -0.05) is 12.1 Å². The van der Waals surface area contributed by atoms with Gasteiger partial charge in [0.1, 0.15) is 5.82 Å². The van der Waals surface area contributed by atoms with Gasteiger partial charge in [0, 0.05) is 19.7 Å². The molecular weight excluding hydrogens is 193 g/mol. The van der Waals surface area contributed by atoms with Gasteiger partial charge >= 0.3 is 0 Å². The molecule has 0 aliphatic heterocycles. The molecule has 2 nitrogen and oxygen atoms in total. The van der Waals surface area contributed by atoms with Crippen LogP contribution < -0.4 is 5.32 Å². The summed E-state index contributed by atoms with van der Waals surface area (Å²) in [7, 11) is 1.69. The van der Waals surface area contributed by atoms with E-state index >= 15 is 0 Å². The fourth-order valence-electron chi connectivity index (χ4n) is 1.45. The lowest BCUT2D eigenvalue weighted by Crippen LogP contribution is -2.30. The average molecular weight is 211 g/mol. The zero-order valence-corrected chi connectivity index (χ0v) is 9.29. The van der Waals surface area contributed by atoms with Crippen LogP contribution in [0.4, 0.5) is 4.39 Å². The van der Waals surface area contributed by atoms with Crippen LogP contribution in [0.3, 0.4) is 0 Å². The lowest BCUT2D eigenvalue weighted by atomic mass is 10.1. The van der Waals surface area contributed by atoms with Gasteiger partial charge < -0.3 is 10.1 Å². The third-order valence-electron chi connectivity index (χ3n) is 2.25. The van der Waals surface area contributed by atoms with Crippen LogP contribution in [0.2, 0.25) is 0 Å². The number of hydrogen-bond acceptors (Lipinski definition) is 2. The molecule has 0 aliphatic carbocycles. The van der Waals surface area contributed by atoms with E-state index in [0.717, 1.165) is 18.5 Å². The Morgan fingerprint density at radius 2 is 2.00 bits per heavy atom. The van der Waals surface area contributed by atoms with E-state index in [-0.39, 0.29) is 5.82 Å². The molecule has 0 radical (unpaired) electrons.